The fourth-order valence-corrected chi connectivity index (χ4v) is 5.15. The van der Waals surface area contributed by atoms with Crippen molar-refractivity contribution in [2.45, 2.75) is 39.2 Å². The molecular weight excluding hydrogens is 479 g/mol. The van der Waals surface area contributed by atoms with Crippen LogP contribution in [-0.2, 0) is 0 Å². The van der Waals surface area contributed by atoms with E-state index < -0.39 is 0 Å². The monoisotopic (exact) mass is 504 g/mol. The van der Waals surface area contributed by atoms with Crippen molar-refractivity contribution >= 4 is 23.0 Å². The molecule has 2 aliphatic heterocycles. The van der Waals surface area contributed by atoms with E-state index in [4.69, 9.17) is 4.99 Å². The Morgan fingerprint density at radius 2 is 1.95 bits per heavy atom. The molecule has 2 aliphatic rings. The predicted molar refractivity (Wildman–Crippen MR) is 144 cm³/mol. The minimum atomic E-state index is -0.295. The summed E-state index contributed by atoms with van der Waals surface area (Å²) in [5, 5.41) is 18.3. The van der Waals surface area contributed by atoms with Crippen LogP contribution in [0.1, 0.15) is 50.5 Å². The number of hydrogen-bond donors (Lipinski definition) is 0. The van der Waals surface area contributed by atoms with Crippen LogP contribution < -0.4 is 4.90 Å². The highest BCUT2D eigenvalue weighted by molar-refractivity contribution is 6.27. The average molecular weight is 505 g/mol. The van der Waals surface area contributed by atoms with E-state index in [1.165, 1.54) is 12.1 Å². The number of fused-ring (bicyclic) bond motifs is 3. The lowest BCUT2D eigenvalue weighted by Gasteiger charge is -2.38. The molecule has 8 nitrogen and oxygen atoms in total. The highest BCUT2D eigenvalue weighted by Crippen LogP contribution is 2.40. The molecule has 0 amide bonds. The van der Waals surface area contributed by atoms with Gasteiger partial charge in [-0.3, -0.25) is 9.13 Å². The topological polar surface area (TPSA) is 87.9 Å². The molecule has 2 aromatic heterocycles. The summed E-state index contributed by atoms with van der Waals surface area (Å²) in [7, 11) is 0. The van der Waals surface area contributed by atoms with E-state index >= 15 is 0 Å². The fraction of sp³-hybridized carbons (Fsp3) is 0.207. The van der Waals surface area contributed by atoms with E-state index in [1.807, 2.05) is 33.5 Å². The molecule has 0 bridgehead atoms. The van der Waals surface area contributed by atoms with E-state index in [9.17, 15) is 9.65 Å². The molecule has 0 N–H and O–H groups in total. The third kappa shape index (κ3) is 3.82. The van der Waals surface area contributed by atoms with Crippen LogP contribution in [0.25, 0.3) is 22.9 Å². The lowest BCUT2D eigenvalue weighted by atomic mass is 10.0. The number of benzene rings is 2. The van der Waals surface area contributed by atoms with E-state index in [-0.39, 0.29) is 11.9 Å². The maximum Gasteiger partial charge on any atom is 0.160 e. The number of nitrogens with zero attached hydrogens (tertiary/aromatic N) is 8. The summed E-state index contributed by atoms with van der Waals surface area (Å²) in [6.07, 6.45) is 9.75. The first-order valence-corrected chi connectivity index (χ1v) is 12.6. The van der Waals surface area contributed by atoms with E-state index in [1.54, 1.807) is 30.7 Å². The second-order valence-corrected chi connectivity index (χ2v) is 9.15. The van der Waals surface area contributed by atoms with Crippen LogP contribution in [0.3, 0.4) is 0 Å². The molecule has 1 atom stereocenters. The molecule has 0 radical (unpaired) electrons. The van der Waals surface area contributed by atoms with Gasteiger partial charge in [-0.15, -0.1) is 10.2 Å². The zero-order chi connectivity index (χ0) is 26.2. The number of imidazole rings is 1. The maximum absolute atomic E-state index is 13.7. The van der Waals surface area contributed by atoms with Crippen LogP contribution in [-0.4, -0.2) is 30.2 Å². The summed E-state index contributed by atoms with van der Waals surface area (Å²) in [6.45, 7) is 4.22. The fourth-order valence-electron chi connectivity index (χ4n) is 5.15. The summed E-state index contributed by atoms with van der Waals surface area (Å²) < 4.78 is 17.7. The van der Waals surface area contributed by atoms with Crippen molar-refractivity contribution in [3.8, 4) is 17.5 Å². The lowest BCUT2D eigenvalue weighted by molar-refractivity contribution is 0.614. The Kier molecular flexibility index (Phi) is 5.92. The van der Waals surface area contributed by atoms with Gasteiger partial charge in [0.1, 0.15) is 23.8 Å². The molecule has 0 aliphatic carbocycles. The van der Waals surface area contributed by atoms with E-state index in [0.717, 1.165) is 52.8 Å². The lowest BCUT2D eigenvalue weighted by Crippen LogP contribution is -2.42. The number of amidine groups is 1. The summed E-state index contributed by atoms with van der Waals surface area (Å²) >= 11 is 0. The summed E-state index contributed by atoms with van der Waals surface area (Å²) in [5.41, 5.74) is 4.25. The summed E-state index contributed by atoms with van der Waals surface area (Å²) in [5.74, 6) is 2.74. The van der Waals surface area contributed by atoms with Crippen LogP contribution in [0.5, 0.6) is 0 Å². The number of hydrogen-bond acceptors (Lipinski definition) is 6. The van der Waals surface area contributed by atoms with Gasteiger partial charge in [0.25, 0.3) is 0 Å². The Balaban J connectivity index is 1.58. The van der Waals surface area contributed by atoms with Gasteiger partial charge < -0.3 is 4.90 Å². The van der Waals surface area contributed by atoms with Crippen LogP contribution >= 0.6 is 0 Å². The number of nitriles is 1. The van der Waals surface area contributed by atoms with Crippen molar-refractivity contribution in [1.82, 2.24) is 24.3 Å². The Labute approximate surface area is 219 Å². The molecule has 0 fully saturated rings. The van der Waals surface area contributed by atoms with Crippen molar-refractivity contribution in [3.05, 3.63) is 96.1 Å². The number of aliphatic imine (C=N–C) groups is 1. The van der Waals surface area contributed by atoms with Gasteiger partial charge in [0, 0.05) is 23.6 Å². The SMILES string of the molecule is CCC1=C(n2ccnc2-c2ccc(F)cc2)N=C2C(=CC1)n1cnnc1C(CC)N2c1cccc(C#N)c1. The number of rotatable bonds is 5. The highest BCUT2D eigenvalue weighted by atomic mass is 19.1. The number of aromatic nitrogens is 5. The smallest absolute Gasteiger partial charge is 0.160 e. The average Bonchev–Trinajstić information content (AvgIpc) is 3.59. The molecule has 1 unspecified atom stereocenters. The second-order valence-electron chi connectivity index (χ2n) is 9.15. The van der Waals surface area contributed by atoms with Crippen LogP contribution in [0.2, 0.25) is 0 Å². The normalized spacial score (nSPS) is 16.8. The summed E-state index contributed by atoms with van der Waals surface area (Å²) in [6, 6.07) is 16.0. The zero-order valence-corrected chi connectivity index (χ0v) is 21.1. The van der Waals surface area contributed by atoms with Crippen molar-refractivity contribution in [3.63, 3.8) is 0 Å². The van der Waals surface area contributed by atoms with Crippen molar-refractivity contribution in [2.24, 2.45) is 4.99 Å². The first-order chi connectivity index (χ1) is 18.6. The zero-order valence-electron chi connectivity index (χ0n) is 21.1. The molecule has 2 aromatic carbocycles. The number of halogens is 1. The summed E-state index contributed by atoms with van der Waals surface area (Å²) in [4.78, 5) is 12.1. The number of anilines is 1. The van der Waals surface area contributed by atoms with E-state index in [0.29, 0.717) is 17.8 Å². The van der Waals surface area contributed by atoms with Gasteiger partial charge in [0.05, 0.1) is 23.4 Å². The highest BCUT2D eigenvalue weighted by Gasteiger charge is 2.37. The molecule has 4 heterocycles. The van der Waals surface area contributed by atoms with Gasteiger partial charge in [-0.2, -0.15) is 5.26 Å². The second kappa shape index (κ2) is 9.56. The first-order valence-electron chi connectivity index (χ1n) is 12.6. The predicted octanol–water partition coefficient (Wildman–Crippen LogP) is 6.05. The van der Waals surface area contributed by atoms with Crippen molar-refractivity contribution in [1.29, 1.82) is 5.26 Å². The molecule has 0 saturated heterocycles. The van der Waals surface area contributed by atoms with Gasteiger partial charge in [-0.1, -0.05) is 26.0 Å². The molecule has 4 aromatic rings. The van der Waals surface area contributed by atoms with Crippen LogP contribution in [0.4, 0.5) is 10.1 Å². The van der Waals surface area contributed by atoms with E-state index in [2.05, 4.69) is 46.1 Å². The maximum atomic E-state index is 13.7. The minimum absolute atomic E-state index is 0.133. The largest absolute Gasteiger partial charge is 0.314 e. The Bertz CT molecular complexity index is 1650. The minimum Gasteiger partial charge on any atom is -0.314 e. The molecule has 188 valence electrons. The molecular formula is C29H25FN8. The third-order valence-electron chi connectivity index (χ3n) is 7.01. The van der Waals surface area contributed by atoms with Gasteiger partial charge in [-0.25, -0.2) is 14.4 Å². The van der Waals surface area contributed by atoms with Gasteiger partial charge in [0.2, 0.25) is 0 Å². The third-order valence-corrected chi connectivity index (χ3v) is 7.01. The molecule has 9 heteroatoms. The standard InChI is InChI=1S/C29H25FN8/c1-3-20-10-13-25-28(34-27(20)36-15-14-32-26(36)21-8-11-22(30)12-9-21)38(23-7-5-6-19(16-23)17-31)24(4-2)29-35-33-18-37(25)29/h5-9,11-16,18,24H,3-4,10H2,1-2H3. The first kappa shape index (κ1) is 23.6. The quantitative estimate of drug-likeness (QED) is 0.330. The molecule has 38 heavy (non-hydrogen) atoms. The van der Waals surface area contributed by atoms with Gasteiger partial charge in [0.15, 0.2) is 11.7 Å². The number of allylic oxidation sites excluding steroid dienone is 2. The van der Waals surface area contributed by atoms with Crippen molar-refractivity contribution in [2.75, 3.05) is 4.90 Å². The molecule has 6 rings (SSSR count). The van der Waals surface area contributed by atoms with Crippen LogP contribution in [0.15, 0.2) is 83.9 Å². The molecule has 0 spiro atoms. The van der Waals surface area contributed by atoms with Gasteiger partial charge >= 0.3 is 0 Å². The van der Waals surface area contributed by atoms with Gasteiger partial charge in [-0.05, 0) is 67.3 Å². The Morgan fingerprint density at radius 3 is 2.71 bits per heavy atom. The van der Waals surface area contributed by atoms with Crippen molar-refractivity contribution < 1.29 is 4.39 Å². The Hall–Kier alpha value is -4.84. The Morgan fingerprint density at radius 1 is 1.11 bits per heavy atom. The molecule has 0 saturated carbocycles. The van der Waals surface area contributed by atoms with Crippen LogP contribution in [0, 0.1) is 17.1 Å².